The van der Waals surface area contributed by atoms with Crippen LogP contribution in [0.15, 0.2) is 12.8 Å². The van der Waals surface area contributed by atoms with Crippen molar-refractivity contribution in [2.24, 2.45) is 5.41 Å². The first-order valence-electron chi connectivity index (χ1n) is 6.34. The van der Waals surface area contributed by atoms with Gasteiger partial charge >= 0.3 is 0 Å². The minimum atomic E-state index is -0.324. The zero-order valence-corrected chi connectivity index (χ0v) is 11.0. The van der Waals surface area contributed by atoms with E-state index in [-0.39, 0.29) is 11.2 Å². The largest absolute Gasteiger partial charge is 0.350 e. The van der Waals surface area contributed by atoms with Gasteiger partial charge in [-0.25, -0.2) is 0 Å². The van der Waals surface area contributed by atoms with E-state index in [9.17, 15) is 4.79 Å². The van der Waals surface area contributed by atoms with Gasteiger partial charge in [0.1, 0.15) is 0 Å². The molecule has 2 heteroatoms. The Morgan fingerprint density at radius 3 is 2.71 bits per heavy atom. The van der Waals surface area contributed by atoms with E-state index in [1.54, 1.807) is 0 Å². The molecular formula is C15H21NO. The fourth-order valence-electron chi connectivity index (χ4n) is 2.48. The Balaban J connectivity index is 2.51. The van der Waals surface area contributed by atoms with E-state index in [2.05, 4.69) is 11.1 Å². The lowest BCUT2D eigenvalue weighted by atomic mass is 9.85. The van der Waals surface area contributed by atoms with Crippen LogP contribution in [0.3, 0.4) is 0 Å². The van der Waals surface area contributed by atoms with Crippen LogP contribution in [0.5, 0.6) is 0 Å². The van der Waals surface area contributed by atoms with Gasteiger partial charge in [0, 0.05) is 35.0 Å². The van der Waals surface area contributed by atoms with Crippen molar-refractivity contribution in [1.82, 2.24) is 4.57 Å². The minimum Gasteiger partial charge on any atom is -0.350 e. The summed E-state index contributed by atoms with van der Waals surface area (Å²) < 4.78 is 2.24. The van der Waals surface area contributed by atoms with Crippen molar-refractivity contribution in [3.05, 3.63) is 29.6 Å². The van der Waals surface area contributed by atoms with E-state index in [0.29, 0.717) is 0 Å². The molecule has 1 aliphatic heterocycles. The van der Waals surface area contributed by atoms with Gasteiger partial charge < -0.3 is 4.57 Å². The molecule has 0 amide bonds. The predicted octanol–water partition coefficient (Wildman–Crippen LogP) is 3.70. The third-order valence-electron chi connectivity index (χ3n) is 3.43. The van der Waals surface area contributed by atoms with E-state index in [4.69, 9.17) is 0 Å². The molecule has 2 heterocycles. The smallest absolute Gasteiger partial charge is 0.170 e. The number of fused-ring (bicyclic) bond motifs is 1. The van der Waals surface area contributed by atoms with Crippen molar-refractivity contribution >= 4 is 11.9 Å². The Morgan fingerprint density at radius 2 is 2.12 bits per heavy atom. The number of rotatable bonds is 2. The zero-order valence-electron chi connectivity index (χ0n) is 11.0. The van der Waals surface area contributed by atoms with Crippen LogP contribution in [-0.2, 0) is 13.0 Å². The molecule has 0 spiro atoms. The number of nitrogens with zero attached hydrogens (tertiary/aromatic N) is 1. The molecule has 0 unspecified atom stereocenters. The number of hydrogen-bond donors (Lipinski definition) is 0. The maximum atomic E-state index is 12.4. The quantitative estimate of drug-likeness (QED) is 0.711. The second-order valence-electron chi connectivity index (χ2n) is 5.84. The Kier molecular flexibility index (Phi) is 2.98. The molecule has 0 radical (unpaired) electrons. The van der Waals surface area contributed by atoms with Crippen LogP contribution in [0.4, 0.5) is 0 Å². The first-order valence-corrected chi connectivity index (χ1v) is 6.34. The first kappa shape index (κ1) is 12.2. The summed E-state index contributed by atoms with van der Waals surface area (Å²) in [6.45, 7) is 10.8. The monoisotopic (exact) mass is 231 g/mol. The van der Waals surface area contributed by atoms with E-state index < -0.39 is 0 Å². The molecule has 0 aliphatic carbocycles. The Labute approximate surface area is 103 Å². The van der Waals surface area contributed by atoms with Gasteiger partial charge in [-0.2, -0.15) is 0 Å². The number of hydrogen-bond acceptors (Lipinski definition) is 1. The normalized spacial score (nSPS) is 15.5. The SMILES string of the molecule is C=Cc1c(C(=O)C(C)(C)C)cn2c1CCCC2. The maximum Gasteiger partial charge on any atom is 0.170 e. The standard InChI is InChI=1S/C15H21NO/c1-5-11-12(14(17)15(2,3)4)10-16-9-7-6-8-13(11)16/h5,10H,1,6-9H2,2-4H3. The van der Waals surface area contributed by atoms with E-state index in [0.717, 1.165) is 24.1 Å². The van der Waals surface area contributed by atoms with Crippen LogP contribution < -0.4 is 0 Å². The van der Waals surface area contributed by atoms with Gasteiger partial charge in [-0.1, -0.05) is 33.4 Å². The molecule has 0 aromatic carbocycles. The molecule has 2 rings (SSSR count). The molecule has 92 valence electrons. The van der Waals surface area contributed by atoms with Gasteiger partial charge in [0.2, 0.25) is 0 Å². The molecule has 17 heavy (non-hydrogen) atoms. The molecular weight excluding hydrogens is 210 g/mol. The predicted molar refractivity (Wildman–Crippen MR) is 71.2 cm³/mol. The highest BCUT2D eigenvalue weighted by Gasteiger charge is 2.28. The highest BCUT2D eigenvalue weighted by atomic mass is 16.1. The number of ketones is 1. The average Bonchev–Trinajstić information content (AvgIpc) is 2.64. The fraction of sp³-hybridized carbons (Fsp3) is 0.533. The minimum absolute atomic E-state index is 0.217. The van der Waals surface area contributed by atoms with Gasteiger partial charge in [-0.3, -0.25) is 4.79 Å². The maximum absolute atomic E-state index is 12.4. The van der Waals surface area contributed by atoms with E-state index in [1.165, 1.54) is 18.5 Å². The van der Waals surface area contributed by atoms with E-state index in [1.807, 2.05) is 33.0 Å². The van der Waals surface area contributed by atoms with E-state index >= 15 is 0 Å². The highest BCUT2D eigenvalue weighted by molar-refractivity contribution is 6.03. The number of aryl methyl sites for hydroxylation is 1. The van der Waals surface area contributed by atoms with Crippen molar-refractivity contribution in [3.63, 3.8) is 0 Å². The molecule has 1 aromatic heterocycles. The van der Waals surface area contributed by atoms with Crippen LogP contribution in [0.2, 0.25) is 0 Å². The summed E-state index contributed by atoms with van der Waals surface area (Å²) in [5, 5.41) is 0. The van der Waals surface area contributed by atoms with Crippen molar-refractivity contribution in [3.8, 4) is 0 Å². The van der Waals surface area contributed by atoms with Crippen molar-refractivity contribution in [2.75, 3.05) is 0 Å². The lowest BCUT2D eigenvalue weighted by Gasteiger charge is -2.16. The summed E-state index contributed by atoms with van der Waals surface area (Å²) >= 11 is 0. The van der Waals surface area contributed by atoms with Crippen LogP contribution in [0.25, 0.3) is 6.08 Å². The van der Waals surface area contributed by atoms with Gasteiger partial charge in [0.25, 0.3) is 0 Å². The molecule has 0 N–H and O–H groups in total. The summed E-state index contributed by atoms with van der Waals surface area (Å²) in [4.78, 5) is 12.4. The molecule has 1 aliphatic rings. The number of Topliss-reactive ketones (excluding diaryl/α,β-unsaturated/α-hetero) is 1. The number of aromatic nitrogens is 1. The fourth-order valence-corrected chi connectivity index (χ4v) is 2.48. The Morgan fingerprint density at radius 1 is 1.41 bits per heavy atom. The zero-order chi connectivity index (χ0) is 12.6. The third kappa shape index (κ3) is 2.08. The Hall–Kier alpha value is -1.31. The van der Waals surface area contributed by atoms with Crippen LogP contribution in [0, 0.1) is 5.41 Å². The van der Waals surface area contributed by atoms with Gasteiger partial charge in [-0.05, 0) is 19.3 Å². The molecule has 0 fully saturated rings. The second kappa shape index (κ2) is 4.17. The topological polar surface area (TPSA) is 22.0 Å². The summed E-state index contributed by atoms with van der Waals surface area (Å²) in [6.07, 6.45) is 7.36. The number of carbonyl (C=O) groups is 1. The molecule has 0 atom stereocenters. The van der Waals surface area contributed by atoms with Gasteiger partial charge in [-0.15, -0.1) is 0 Å². The molecule has 0 saturated heterocycles. The molecule has 2 nitrogen and oxygen atoms in total. The lowest BCUT2D eigenvalue weighted by Crippen LogP contribution is -2.20. The van der Waals surface area contributed by atoms with Crippen molar-refractivity contribution in [1.29, 1.82) is 0 Å². The molecule has 0 bridgehead atoms. The second-order valence-corrected chi connectivity index (χ2v) is 5.84. The van der Waals surface area contributed by atoms with Gasteiger partial charge in [0.15, 0.2) is 5.78 Å². The Bertz CT molecular complexity index is 460. The van der Waals surface area contributed by atoms with Crippen LogP contribution in [0.1, 0.15) is 55.2 Å². The molecule has 0 saturated carbocycles. The summed E-state index contributed by atoms with van der Waals surface area (Å²) in [6, 6.07) is 0. The van der Waals surface area contributed by atoms with Crippen molar-refractivity contribution in [2.45, 2.75) is 46.6 Å². The lowest BCUT2D eigenvalue weighted by molar-refractivity contribution is 0.0858. The first-order chi connectivity index (χ1) is 7.95. The summed E-state index contributed by atoms with van der Waals surface area (Å²) in [7, 11) is 0. The average molecular weight is 231 g/mol. The number of carbonyl (C=O) groups excluding carboxylic acids is 1. The highest BCUT2D eigenvalue weighted by Crippen LogP contribution is 2.30. The summed E-state index contributed by atoms with van der Waals surface area (Å²) in [5.41, 5.74) is 2.88. The van der Waals surface area contributed by atoms with Crippen LogP contribution in [-0.4, -0.2) is 10.4 Å². The van der Waals surface area contributed by atoms with Gasteiger partial charge in [0.05, 0.1) is 0 Å². The summed E-state index contributed by atoms with van der Waals surface area (Å²) in [5.74, 6) is 0.217. The molecule has 1 aromatic rings. The van der Waals surface area contributed by atoms with Crippen LogP contribution >= 0.6 is 0 Å². The van der Waals surface area contributed by atoms with Crippen molar-refractivity contribution < 1.29 is 4.79 Å². The third-order valence-corrected chi connectivity index (χ3v) is 3.43.